The summed E-state index contributed by atoms with van der Waals surface area (Å²) in [6, 6.07) is 10.9. The summed E-state index contributed by atoms with van der Waals surface area (Å²) in [6.07, 6.45) is 4.22. The summed E-state index contributed by atoms with van der Waals surface area (Å²) in [5, 5.41) is 14.7. The average Bonchev–Trinajstić information content (AvgIpc) is 2.87. The minimum absolute atomic E-state index is 0.194. The van der Waals surface area contributed by atoms with E-state index in [9.17, 15) is 24.3 Å². The van der Waals surface area contributed by atoms with Gasteiger partial charge in [0, 0.05) is 17.4 Å². The second-order valence-electron chi connectivity index (χ2n) is 8.04. The van der Waals surface area contributed by atoms with E-state index in [0.29, 0.717) is 48.9 Å². The number of carboxylic acids is 1. The van der Waals surface area contributed by atoms with Crippen LogP contribution in [0.4, 0.5) is 11.4 Å². The monoisotopic (exact) mass is 480 g/mol. The van der Waals surface area contributed by atoms with E-state index in [0.717, 1.165) is 0 Å². The molecule has 35 heavy (non-hydrogen) atoms. The van der Waals surface area contributed by atoms with Crippen LogP contribution in [0.2, 0.25) is 0 Å². The maximum atomic E-state index is 12.5. The highest BCUT2D eigenvalue weighted by Crippen LogP contribution is 2.32. The van der Waals surface area contributed by atoms with Crippen LogP contribution >= 0.6 is 0 Å². The number of nitrogens with one attached hydrogen (secondary N) is 2. The average molecular weight is 480 g/mol. The van der Waals surface area contributed by atoms with E-state index < -0.39 is 42.2 Å². The zero-order chi connectivity index (χ0) is 24.8. The predicted molar refractivity (Wildman–Crippen MR) is 124 cm³/mol. The number of carbonyl (C=O) groups is 4. The van der Waals surface area contributed by atoms with E-state index in [4.69, 9.17) is 14.2 Å². The molecule has 0 aromatic heterocycles. The normalized spacial score (nSPS) is 18.3. The van der Waals surface area contributed by atoms with Gasteiger partial charge in [0.1, 0.15) is 13.2 Å². The van der Waals surface area contributed by atoms with Crippen LogP contribution in [0, 0.1) is 11.8 Å². The van der Waals surface area contributed by atoms with E-state index in [1.165, 1.54) is 24.3 Å². The molecule has 10 nitrogen and oxygen atoms in total. The SMILES string of the molecule is O=C(COC(=O)c1ccc(NC(=O)C2CC=CCC2C(=O)O)cc1)Nc1ccc2c(c1)OCCO2. The molecule has 0 saturated carbocycles. The third kappa shape index (κ3) is 5.97. The molecule has 2 aromatic carbocycles. The Bertz CT molecular complexity index is 1160. The van der Waals surface area contributed by atoms with Crippen molar-refractivity contribution in [3.05, 3.63) is 60.2 Å². The van der Waals surface area contributed by atoms with Gasteiger partial charge < -0.3 is 30.0 Å². The minimum atomic E-state index is -1.01. The fourth-order valence-electron chi connectivity index (χ4n) is 3.83. The minimum Gasteiger partial charge on any atom is -0.486 e. The van der Waals surface area contributed by atoms with Gasteiger partial charge in [-0.25, -0.2) is 4.79 Å². The molecule has 2 aliphatic rings. The number of carboxylic acid groups (broad SMARTS) is 1. The number of anilines is 2. The van der Waals surface area contributed by atoms with Crippen LogP contribution in [0.1, 0.15) is 23.2 Å². The highest BCUT2D eigenvalue weighted by molar-refractivity contribution is 5.97. The van der Waals surface area contributed by atoms with Gasteiger partial charge in [0.15, 0.2) is 18.1 Å². The molecule has 3 N–H and O–H groups in total. The van der Waals surface area contributed by atoms with E-state index in [1.54, 1.807) is 30.4 Å². The number of rotatable bonds is 7. The first-order valence-electron chi connectivity index (χ1n) is 11.1. The Morgan fingerprint density at radius 3 is 2.23 bits per heavy atom. The number of carbonyl (C=O) groups excluding carboxylic acids is 3. The Kier molecular flexibility index (Phi) is 7.30. The first kappa shape index (κ1) is 23.8. The van der Waals surface area contributed by atoms with Crippen molar-refractivity contribution >= 4 is 35.1 Å². The Morgan fingerprint density at radius 1 is 0.857 bits per heavy atom. The van der Waals surface area contributed by atoms with E-state index in [-0.39, 0.29) is 5.56 Å². The van der Waals surface area contributed by atoms with Gasteiger partial charge in [-0.2, -0.15) is 0 Å². The molecular weight excluding hydrogens is 456 g/mol. The van der Waals surface area contributed by atoms with Gasteiger partial charge in [-0.15, -0.1) is 0 Å². The number of benzene rings is 2. The lowest BCUT2D eigenvalue weighted by Gasteiger charge is -2.24. The van der Waals surface area contributed by atoms with Gasteiger partial charge in [-0.1, -0.05) is 12.2 Å². The number of hydrogen-bond acceptors (Lipinski definition) is 7. The smallest absolute Gasteiger partial charge is 0.338 e. The van der Waals surface area contributed by atoms with Crippen LogP contribution in [0.5, 0.6) is 11.5 Å². The number of amides is 2. The van der Waals surface area contributed by atoms with Gasteiger partial charge in [0.2, 0.25) is 5.91 Å². The number of fused-ring (bicyclic) bond motifs is 1. The quantitative estimate of drug-likeness (QED) is 0.406. The molecule has 182 valence electrons. The Labute approximate surface area is 200 Å². The van der Waals surface area contributed by atoms with E-state index in [2.05, 4.69) is 10.6 Å². The first-order chi connectivity index (χ1) is 16.9. The second kappa shape index (κ2) is 10.7. The van der Waals surface area contributed by atoms with Crippen molar-refractivity contribution in [3.8, 4) is 11.5 Å². The fraction of sp³-hybridized carbons (Fsp3) is 0.280. The molecule has 10 heteroatoms. The molecule has 1 heterocycles. The van der Waals surface area contributed by atoms with Crippen LogP contribution in [0.15, 0.2) is 54.6 Å². The first-order valence-corrected chi connectivity index (χ1v) is 11.1. The number of allylic oxidation sites excluding steroid dienone is 2. The summed E-state index contributed by atoms with van der Waals surface area (Å²) >= 11 is 0. The summed E-state index contributed by atoms with van der Waals surface area (Å²) in [5.74, 6) is -2.96. The summed E-state index contributed by atoms with van der Waals surface area (Å²) < 4.78 is 16.0. The molecule has 0 saturated heterocycles. The van der Waals surface area contributed by atoms with Crippen LogP contribution in [-0.2, 0) is 19.1 Å². The molecule has 2 atom stereocenters. The van der Waals surface area contributed by atoms with E-state index in [1.807, 2.05) is 0 Å². The molecule has 0 bridgehead atoms. The van der Waals surface area contributed by atoms with Gasteiger partial charge in [-0.3, -0.25) is 14.4 Å². The van der Waals surface area contributed by atoms with Crippen molar-refractivity contribution in [3.63, 3.8) is 0 Å². The molecule has 0 fully saturated rings. The summed E-state index contributed by atoms with van der Waals surface area (Å²) in [7, 11) is 0. The van der Waals surface area contributed by atoms with Gasteiger partial charge >= 0.3 is 11.9 Å². The molecule has 2 aromatic rings. The number of ether oxygens (including phenoxy) is 3. The molecule has 2 unspecified atom stereocenters. The molecule has 0 radical (unpaired) electrons. The summed E-state index contributed by atoms with van der Waals surface area (Å²) in [5.41, 5.74) is 1.09. The molecule has 2 amide bonds. The van der Waals surface area contributed by atoms with Crippen molar-refractivity contribution in [1.29, 1.82) is 0 Å². The van der Waals surface area contributed by atoms with Crippen molar-refractivity contribution in [2.75, 3.05) is 30.5 Å². The van der Waals surface area contributed by atoms with Crippen LogP contribution < -0.4 is 20.1 Å². The van der Waals surface area contributed by atoms with Crippen molar-refractivity contribution in [1.82, 2.24) is 0 Å². The molecule has 1 aliphatic carbocycles. The summed E-state index contributed by atoms with van der Waals surface area (Å²) in [4.78, 5) is 48.4. The lowest BCUT2D eigenvalue weighted by atomic mass is 9.82. The van der Waals surface area contributed by atoms with Crippen molar-refractivity contribution in [2.24, 2.45) is 11.8 Å². The van der Waals surface area contributed by atoms with Crippen LogP contribution in [0.25, 0.3) is 0 Å². The number of aliphatic carboxylic acids is 1. The van der Waals surface area contributed by atoms with Gasteiger partial charge in [0.25, 0.3) is 5.91 Å². The maximum Gasteiger partial charge on any atom is 0.338 e. The zero-order valence-corrected chi connectivity index (χ0v) is 18.7. The largest absolute Gasteiger partial charge is 0.486 e. The van der Waals surface area contributed by atoms with Crippen molar-refractivity contribution in [2.45, 2.75) is 12.8 Å². The fourth-order valence-corrected chi connectivity index (χ4v) is 3.83. The standard InChI is InChI=1S/C25H24N2O8/c28-22(26-17-9-10-20-21(13-17)34-12-11-33-20)14-35-25(32)15-5-7-16(8-6-15)27-23(29)18-3-1-2-4-19(18)24(30)31/h1-2,5-10,13,18-19H,3-4,11-12,14H2,(H,26,28)(H,27,29)(H,30,31). The summed E-state index contributed by atoms with van der Waals surface area (Å²) in [6.45, 7) is 0.397. The maximum absolute atomic E-state index is 12.5. The molecule has 4 rings (SSSR count). The Hall–Kier alpha value is -4.34. The zero-order valence-electron chi connectivity index (χ0n) is 18.7. The second-order valence-corrected chi connectivity index (χ2v) is 8.04. The lowest BCUT2D eigenvalue weighted by Crippen LogP contribution is -2.34. The Morgan fingerprint density at radius 2 is 1.51 bits per heavy atom. The van der Waals surface area contributed by atoms with Crippen molar-refractivity contribution < 1.29 is 38.5 Å². The molecular formula is C25H24N2O8. The van der Waals surface area contributed by atoms with Gasteiger partial charge in [-0.05, 0) is 49.2 Å². The van der Waals surface area contributed by atoms with Crippen LogP contribution in [0.3, 0.4) is 0 Å². The lowest BCUT2D eigenvalue weighted by molar-refractivity contribution is -0.146. The highest BCUT2D eigenvalue weighted by atomic mass is 16.6. The van der Waals surface area contributed by atoms with Gasteiger partial charge in [0.05, 0.1) is 17.4 Å². The third-order valence-corrected chi connectivity index (χ3v) is 5.63. The highest BCUT2D eigenvalue weighted by Gasteiger charge is 2.34. The molecule has 0 spiro atoms. The van der Waals surface area contributed by atoms with Crippen LogP contribution in [-0.4, -0.2) is 48.7 Å². The van der Waals surface area contributed by atoms with E-state index >= 15 is 0 Å². The Balaban J connectivity index is 1.27. The number of hydrogen-bond donors (Lipinski definition) is 3. The molecule has 1 aliphatic heterocycles. The number of esters is 1. The topological polar surface area (TPSA) is 140 Å². The third-order valence-electron chi connectivity index (χ3n) is 5.63. The predicted octanol–water partition coefficient (Wildman–Crippen LogP) is 2.86.